The van der Waals surface area contributed by atoms with Crippen molar-refractivity contribution < 1.29 is 5.11 Å². The Bertz CT molecular complexity index is 45.3. The molecule has 44 valence electrons. The molecule has 2 nitrogen and oxygen atoms in total. The smallest absolute Gasteiger partial charge is 0.0662 e. The van der Waals surface area contributed by atoms with Crippen LogP contribution in [0.25, 0.3) is 0 Å². The minimum absolute atomic E-state index is 0.0417. The zero-order valence-electron chi connectivity index (χ0n) is 4.89. The van der Waals surface area contributed by atoms with Crippen molar-refractivity contribution in [3.8, 4) is 0 Å². The average Bonchev–Trinajstić information content (AvgIpc) is 1.65. The standard InChI is InChI=1S/C5H13NO/c1-3-5(6)4(2)7/h4-5,7H,3,6H2,1-2H3/t4?,5-/m0/s1. The maximum atomic E-state index is 8.70. The second-order valence-electron chi connectivity index (χ2n) is 1.81. The van der Waals surface area contributed by atoms with E-state index in [1.165, 1.54) is 0 Å². The molecule has 0 spiro atoms. The first-order valence-corrected chi connectivity index (χ1v) is 2.62. The molecule has 3 N–H and O–H groups in total. The summed E-state index contributed by atoms with van der Waals surface area (Å²) < 4.78 is 0. The molecule has 0 aromatic rings. The van der Waals surface area contributed by atoms with Gasteiger partial charge in [0.2, 0.25) is 0 Å². The van der Waals surface area contributed by atoms with Crippen LogP contribution < -0.4 is 5.73 Å². The van der Waals surface area contributed by atoms with Gasteiger partial charge in [-0.2, -0.15) is 0 Å². The number of aliphatic hydroxyl groups excluding tert-OH is 1. The van der Waals surface area contributed by atoms with Gasteiger partial charge in [0, 0.05) is 6.04 Å². The van der Waals surface area contributed by atoms with Crippen molar-refractivity contribution in [3.63, 3.8) is 0 Å². The lowest BCUT2D eigenvalue weighted by molar-refractivity contribution is 0.161. The highest BCUT2D eigenvalue weighted by atomic mass is 16.3. The molecule has 0 heterocycles. The molecule has 0 radical (unpaired) electrons. The lowest BCUT2D eigenvalue weighted by atomic mass is 10.1. The van der Waals surface area contributed by atoms with Crippen molar-refractivity contribution in [2.45, 2.75) is 32.4 Å². The van der Waals surface area contributed by atoms with Gasteiger partial charge in [0.05, 0.1) is 6.10 Å². The maximum absolute atomic E-state index is 8.70. The highest BCUT2D eigenvalue weighted by molar-refractivity contribution is 4.63. The van der Waals surface area contributed by atoms with Crippen molar-refractivity contribution >= 4 is 0 Å². The highest BCUT2D eigenvalue weighted by Crippen LogP contribution is 1.91. The van der Waals surface area contributed by atoms with E-state index in [1.807, 2.05) is 6.92 Å². The molecule has 0 saturated heterocycles. The third-order valence-corrected chi connectivity index (χ3v) is 1.09. The molecular weight excluding hydrogens is 90.1 g/mol. The van der Waals surface area contributed by atoms with E-state index in [2.05, 4.69) is 0 Å². The molecule has 0 rings (SSSR count). The van der Waals surface area contributed by atoms with Gasteiger partial charge in [-0.25, -0.2) is 0 Å². The van der Waals surface area contributed by atoms with Gasteiger partial charge < -0.3 is 10.8 Å². The first kappa shape index (κ1) is 6.92. The van der Waals surface area contributed by atoms with Gasteiger partial charge in [-0.3, -0.25) is 0 Å². The van der Waals surface area contributed by atoms with Crippen LogP contribution in [-0.4, -0.2) is 17.3 Å². The summed E-state index contributed by atoms with van der Waals surface area (Å²) in [5.41, 5.74) is 5.37. The second kappa shape index (κ2) is 2.99. The normalized spacial score (nSPS) is 18.9. The largest absolute Gasteiger partial charge is 0.392 e. The fourth-order valence-corrected chi connectivity index (χ4v) is 0.341. The van der Waals surface area contributed by atoms with Crippen molar-refractivity contribution in [3.05, 3.63) is 0 Å². The molecule has 0 aliphatic rings. The number of aliphatic hydroxyl groups is 1. The van der Waals surface area contributed by atoms with Gasteiger partial charge in [0.15, 0.2) is 0 Å². The Kier molecular flexibility index (Phi) is 2.96. The molecule has 0 aromatic heterocycles. The maximum Gasteiger partial charge on any atom is 0.0662 e. The van der Waals surface area contributed by atoms with Crippen LogP contribution in [0.3, 0.4) is 0 Å². The number of hydrogen-bond acceptors (Lipinski definition) is 2. The van der Waals surface area contributed by atoms with Gasteiger partial charge in [0.1, 0.15) is 0 Å². The van der Waals surface area contributed by atoms with Crippen LogP contribution in [0.4, 0.5) is 0 Å². The minimum atomic E-state index is -0.356. The summed E-state index contributed by atoms with van der Waals surface area (Å²) >= 11 is 0. The van der Waals surface area contributed by atoms with Crippen LogP contribution in [0, 0.1) is 0 Å². The summed E-state index contributed by atoms with van der Waals surface area (Å²) in [5.74, 6) is 0. The summed E-state index contributed by atoms with van der Waals surface area (Å²) in [6.45, 7) is 3.66. The third kappa shape index (κ3) is 2.60. The Morgan fingerprint density at radius 2 is 2.14 bits per heavy atom. The molecule has 0 aliphatic heterocycles. The summed E-state index contributed by atoms with van der Waals surface area (Å²) in [6, 6.07) is -0.0417. The van der Waals surface area contributed by atoms with E-state index in [4.69, 9.17) is 10.8 Å². The SMILES string of the molecule is CC[C@H](N)C(C)O. The van der Waals surface area contributed by atoms with Gasteiger partial charge >= 0.3 is 0 Å². The molecule has 0 saturated carbocycles. The summed E-state index contributed by atoms with van der Waals surface area (Å²) in [4.78, 5) is 0. The van der Waals surface area contributed by atoms with Crippen molar-refractivity contribution in [2.24, 2.45) is 5.73 Å². The minimum Gasteiger partial charge on any atom is -0.392 e. The molecule has 0 amide bonds. The molecule has 0 fully saturated rings. The fraction of sp³-hybridized carbons (Fsp3) is 1.00. The van der Waals surface area contributed by atoms with Crippen LogP contribution in [0.1, 0.15) is 20.3 Å². The van der Waals surface area contributed by atoms with E-state index in [1.54, 1.807) is 6.92 Å². The molecule has 0 aliphatic carbocycles. The predicted octanol–water partition coefficient (Wildman–Crippen LogP) is 0.104. The van der Waals surface area contributed by atoms with E-state index in [-0.39, 0.29) is 12.1 Å². The third-order valence-electron chi connectivity index (χ3n) is 1.09. The van der Waals surface area contributed by atoms with E-state index in [9.17, 15) is 0 Å². The van der Waals surface area contributed by atoms with Crippen molar-refractivity contribution in [2.75, 3.05) is 0 Å². The molecule has 0 bridgehead atoms. The van der Waals surface area contributed by atoms with E-state index in [0.29, 0.717) is 0 Å². The van der Waals surface area contributed by atoms with Crippen LogP contribution in [-0.2, 0) is 0 Å². The Hall–Kier alpha value is -0.0800. The Labute approximate surface area is 44.3 Å². The summed E-state index contributed by atoms with van der Waals surface area (Å²) in [5, 5.41) is 8.70. The number of hydrogen-bond donors (Lipinski definition) is 2. The highest BCUT2D eigenvalue weighted by Gasteiger charge is 2.03. The summed E-state index contributed by atoms with van der Waals surface area (Å²) in [7, 11) is 0. The van der Waals surface area contributed by atoms with Crippen LogP contribution in [0.2, 0.25) is 0 Å². The molecule has 2 atom stereocenters. The molecule has 0 aromatic carbocycles. The molecule has 1 unspecified atom stereocenters. The zero-order chi connectivity index (χ0) is 5.86. The Balaban J connectivity index is 3.14. The van der Waals surface area contributed by atoms with Gasteiger partial charge in [0.25, 0.3) is 0 Å². The van der Waals surface area contributed by atoms with Gasteiger partial charge in [-0.05, 0) is 13.3 Å². The topological polar surface area (TPSA) is 46.2 Å². The Morgan fingerprint density at radius 3 is 2.14 bits per heavy atom. The number of nitrogens with two attached hydrogens (primary N) is 1. The monoisotopic (exact) mass is 103 g/mol. The first-order chi connectivity index (χ1) is 3.18. The average molecular weight is 103 g/mol. The van der Waals surface area contributed by atoms with Crippen LogP contribution in [0.5, 0.6) is 0 Å². The van der Waals surface area contributed by atoms with Gasteiger partial charge in [-0.15, -0.1) is 0 Å². The lowest BCUT2D eigenvalue weighted by Crippen LogP contribution is -2.31. The van der Waals surface area contributed by atoms with Crippen LogP contribution in [0.15, 0.2) is 0 Å². The van der Waals surface area contributed by atoms with E-state index >= 15 is 0 Å². The predicted molar refractivity (Wildman–Crippen MR) is 29.9 cm³/mol. The van der Waals surface area contributed by atoms with Crippen molar-refractivity contribution in [1.29, 1.82) is 0 Å². The van der Waals surface area contributed by atoms with E-state index in [0.717, 1.165) is 6.42 Å². The van der Waals surface area contributed by atoms with Gasteiger partial charge in [-0.1, -0.05) is 6.92 Å². The quantitative estimate of drug-likeness (QED) is 0.521. The fourth-order valence-electron chi connectivity index (χ4n) is 0.341. The second-order valence-corrected chi connectivity index (χ2v) is 1.81. The summed E-state index contributed by atoms with van der Waals surface area (Å²) in [6.07, 6.45) is 0.488. The molecule has 2 heteroatoms. The lowest BCUT2D eigenvalue weighted by Gasteiger charge is -2.09. The first-order valence-electron chi connectivity index (χ1n) is 2.62. The van der Waals surface area contributed by atoms with E-state index < -0.39 is 0 Å². The number of rotatable bonds is 2. The Morgan fingerprint density at radius 1 is 1.71 bits per heavy atom. The molecular formula is C5H13NO. The van der Waals surface area contributed by atoms with Crippen molar-refractivity contribution in [1.82, 2.24) is 0 Å². The molecule has 7 heavy (non-hydrogen) atoms. The van der Waals surface area contributed by atoms with Crippen LogP contribution >= 0.6 is 0 Å². The zero-order valence-corrected chi connectivity index (χ0v) is 4.89.